The molecule has 3 fully saturated rings. The SMILES string of the molecule is CC1C[C@@]2(C)C(CC[C@]2(OC(=O)c2cocn2)C(=O)SCF)[C@@H]2C[C@H](C)C3=CC(=Nc4ccc(F)nc4)C(=CN)C[C@]3(C)C12. The van der Waals surface area contributed by atoms with Crippen molar-refractivity contribution in [2.75, 3.05) is 6.01 Å². The van der Waals surface area contributed by atoms with Crippen molar-refractivity contribution in [1.29, 1.82) is 0 Å². The van der Waals surface area contributed by atoms with E-state index in [2.05, 4.69) is 43.7 Å². The minimum absolute atomic E-state index is 0.0121. The van der Waals surface area contributed by atoms with Crippen molar-refractivity contribution in [3.05, 3.63) is 66.1 Å². The molecule has 6 rings (SSSR count). The number of carbonyl (C=O) groups excluding carboxylic acids is 2. The van der Waals surface area contributed by atoms with E-state index in [1.807, 2.05) is 0 Å². The number of rotatable bonds is 5. The van der Waals surface area contributed by atoms with Gasteiger partial charge in [-0.05, 0) is 109 Å². The van der Waals surface area contributed by atoms with Gasteiger partial charge < -0.3 is 14.9 Å². The fraction of sp³-hybridized carbons (Fsp3) is 0.545. The van der Waals surface area contributed by atoms with Crippen LogP contribution in [0, 0.1) is 46.4 Å². The number of aliphatic imine (C=N–C) groups is 1. The first kappa shape index (κ1) is 30.7. The number of oxazole rings is 1. The first-order chi connectivity index (χ1) is 21.0. The van der Waals surface area contributed by atoms with Crippen molar-refractivity contribution in [3.63, 3.8) is 0 Å². The summed E-state index contributed by atoms with van der Waals surface area (Å²) >= 11 is 0.579. The molecule has 0 amide bonds. The second-order valence-corrected chi connectivity index (χ2v) is 14.3. The highest BCUT2D eigenvalue weighted by molar-refractivity contribution is 8.13. The molecule has 0 saturated heterocycles. The van der Waals surface area contributed by atoms with Gasteiger partial charge in [-0.1, -0.05) is 33.3 Å². The van der Waals surface area contributed by atoms with Crippen LogP contribution in [0.5, 0.6) is 0 Å². The zero-order valence-corrected chi connectivity index (χ0v) is 26.2. The highest BCUT2D eigenvalue weighted by Crippen LogP contribution is 2.71. The second kappa shape index (κ2) is 11.2. The molecular weight excluding hydrogens is 586 g/mol. The number of nitrogens with zero attached hydrogens (tertiary/aromatic N) is 3. The fourth-order valence-corrected chi connectivity index (χ4v) is 10.5. The zero-order chi connectivity index (χ0) is 31.4. The lowest BCUT2D eigenvalue weighted by Gasteiger charge is -2.62. The number of fused-ring (bicyclic) bond motifs is 5. The van der Waals surface area contributed by atoms with Crippen molar-refractivity contribution in [1.82, 2.24) is 9.97 Å². The van der Waals surface area contributed by atoms with Crippen LogP contribution in [-0.4, -0.2) is 38.4 Å². The summed E-state index contributed by atoms with van der Waals surface area (Å²) in [7, 11) is 0. The third-order valence-electron chi connectivity index (χ3n) is 11.2. The number of allylic oxidation sites excluding steroid dienone is 3. The van der Waals surface area contributed by atoms with Crippen LogP contribution in [0.2, 0.25) is 0 Å². The van der Waals surface area contributed by atoms with Crippen LogP contribution in [0.4, 0.5) is 14.5 Å². The fourth-order valence-electron chi connectivity index (χ4n) is 9.74. The molecule has 0 aliphatic heterocycles. The van der Waals surface area contributed by atoms with Crippen molar-refractivity contribution in [3.8, 4) is 0 Å². The molecule has 4 aliphatic rings. The molecule has 44 heavy (non-hydrogen) atoms. The Balaban J connectivity index is 1.38. The summed E-state index contributed by atoms with van der Waals surface area (Å²) in [6.45, 7) is 8.85. The van der Waals surface area contributed by atoms with E-state index in [0.717, 1.165) is 24.1 Å². The van der Waals surface area contributed by atoms with E-state index in [-0.39, 0.29) is 40.7 Å². The highest BCUT2D eigenvalue weighted by Gasteiger charge is 2.70. The molecule has 4 aliphatic carbocycles. The van der Waals surface area contributed by atoms with Crippen LogP contribution in [0.15, 0.2) is 63.8 Å². The number of hydrogen-bond acceptors (Lipinski definition) is 9. The van der Waals surface area contributed by atoms with E-state index < -0.39 is 34.1 Å². The number of ether oxygens (including phenoxy) is 1. The lowest BCUT2D eigenvalue weighted by atomic mass is 9.42. The van der Waals surface area contributed by atoms with Crippen LogP contribution in [0.1, 0.15) is 70.3 Å². The first-order valence-electron chi connectivity index (χ1n) is 15.2. The molecule has 3 saturated carbocycles. The standard InChI is InChI=1S/C33H38F2N4O4S/c1-18-9-22-23-7-8-33(30(41)44-16-34,43-29(40)26-15-42-17-38-26)32(23,4)11-19(2)28(22)31(3)12-20(13-36)25(10-24(18)31)39-21-5-6-27(35)37-14-21/h5-6,10,13-15,17-19,22-23,28H,7-9,11-12,16,36H2,1-4H3/t18-,19?,22-,23?,28?,31-,32-,33-/m0/s1. The lowest BCUT2D eigenvalue weighted by molar-refractivity contribution is -0.163. The number of carbonyl (C=O) groups is 2. The molecule has 2 aromatic rings. The van der Waals surface area contributed by atoms with Gasteiger partial charge in [0.05, 0.1) is 17.6 Å². The maximum absolute atomic E-state index is 13.8. The Labute approximate surface area is 260 Å². The maximum atomic E-state index is 13.8. The van der Waals surface area contributed by atoms with Gasteiger partial charge >= 0.3 is 5.97 Å². The molecule has 0 spiro atoms. The second-order valence-electron chi connectivity index (χ2n) is 13.4. The topological polar surface area (TPSA) is 121 Å². The monoisotopic (exact) mass is 624 g/mol. The van der Waals surface area contributed by atoms with Gasteiger partial charge in [0.15, 0.2) is 17.7 Å². The van der Waals surface area contributed by atoms with Gasteiger partial charge in [-0.15, -0.1) is 0 Å². The normalized spacial score (nSPS) is 38.0. The van der Waals surface area contributed by atoms with E-state index in [4.69, 9.17) is 19.9 Å². The Kier molecular flexibility index (Phi) is 7.83. The van der Waals surface area contributed by atoms with Gasteiger partial charge in [0, 0.05) is 5.41 Å². The van der Waals surface area contributed by atoms with E-state index >= 15 is 0 Å². The van der Waals surface area contributed by atoms with Gasteiger partial charge in [0.2, 0.25) is 11.1 Å². The summed E-state index contributed by atoms with van der Waals surface area (Å²) in [6.07, 6.45) is 10.8. The number of esters is 1. The predicted molar refractivity (Wildman–Crippen MR) is 163 cm³/mol. The highest BCUT2D eigenvalue weighted by atomic mass is 32.2. The van der Waals surface area contributed by atoms with Crippen LogP contribution in [-0.2, 0) is 9.53 Å². The Morgan fingerprint density at radius 3 is 2.73 bits per heavy atom. The Morgan fingerprint density at radius 1 is 1.27 bits per heavy atom. The average Bonchev–Trinajstić information content (AvgIpc) is 3.62. The first-order valence-corrected chi connectivity index (χ1v) is 16.1. The minimum atomic E-state index is -1.47. The number of thioether (sulfide) groups is 1. The van der Waals surface area contributed by atoms with E-state index in [0.29, 0.717) is 43.1 Å². The molecule has 0 bridgehead atoms. The molecule has 8 nitrogen and oxygen atoms in total. The van der Waals surface area contributed by atoms with Gasteiger partial charge in [-0.3, -0.25) is 4.79 Å². The molecule has 234 valence electrons. The quantitative estimate of drug-likeness (QED) is 0.280. The molecule has 2 N–H and O–H groups in total. The molecular formula is C33H38F2N4O4S. The number of aromatic nitrogens is 2. The smallest absolute Gasteiger partial charge is 0.361 e. The van der Waals surface area contributed by atoms with Crippen molar-refractivity contribution in [2.45, 2.75) is 65.4 Å². The number of nitrogens with two attached hydrogens (primary N) is 1. The third kappa shape index (κ3) is 4.64. The molecule has 3 unspecified atom stereocenters. The largest absolute Gasteiger partial charge is 0.451 e. The summed E-state index contributed by atoms with van der Waals surface area (Å²) in [6, 6.07) is 2.01. The Morgan fingerprint density at radius 2 is 2.07 bits per heavy atom. The number of pyridine rings is 1. The third-order valence-corrected chi connectivity index (χ3v) is 11.9. The Bertz CT molecular complexity index is 1540. The van der Waals surface area contributed by atoms with Gasteiger partial charge in [-0.2, -0.15) is 4.39 Å². The van der Waals surface area contributed by atoms with Gasteiger partial charge in [0.25, 0.3) is 0 Å². The Hall–Kier alpha value is -3.34. The minimum Gasteiger partial charge on any atom is -0.451 e. The van der Waals surface area contributed by atoms with Gasteiger partial charge in [0.1, 0.15) is 12.3 Å². The predicted octanol–water partition coefficient (Wildman–Crippen LogP) is 6.97. The van der Waals surface area contributed by atoms with Gasteiger partial charge in [-0.25, -0.2) is 24.1 Å². The van der Waals surface area contributed by atoms with E-state index in [1.165, 1.54) is 24.1 Å². The summed E-state index contributed by atoms with van der Waals surface area (Å²) in [5.41, 5.74) is 7.38. The van der Waals surface area contributed by atoms with Crippen LogP contribution >= 0.6 is 11.8 Å². The molecule has 11 heteroatoms. The van der Waals surface area contributed by atoms with E-state index in [9.17, 15) is 18.4 Å². The van der Waals surface area contributed by atoms with E-state index in [1.54, 1.807) is 12.3 Å². The molecule has 0 radical (unpaired) electrons. The molecule has 2 heterocycles. The summed E-state index contributed by atoms with van der Waals surface area (Å²) in [5, 5.41) is -0.440. The summed E-state index contributed by atoms with van der Waals surface area (Å²) in [5.74, 6) is -0.302. The average molecular weight is 625 g/mol. The van der Waals surface area contributed by atoms with Crippen LogP contribution < -0.4 is 5.73 Å². The van der Waals surface area contributed by atoms with Crippen molar-refractivity contribution in [2.24, 2.45) is 51.1 Å². The molecule has 8 atom stereocenters. The van der Waals surface area contributed by atoms with Crippen molar-refractivity contribution < 1.29 is 27.5 Å². The number of hydrogen-bond donors (Lipinski definition) is 1. The van der Waals surface area contributed by atoms with Crippen LogP contribution in [0.3, 0.4) is 0 Å². The zero-order valence-electron chi connectivity index (χ0n) is 25.4. The maximum Gasteiger partial charge on any atom is 0.361 e. The molecule has 0 aromatic carbocycles. The lowest BCUT2D eigenvalue weighted by Crippen LogP contribution is -2.61. The number of alkyl halides is 1. The van der Waals surface area contributed by atoms with Crippen LogP contribution in [0.25, 0.3) is 0 Å². The molecule has 2 aromatic heterocycles. The summed E-state index contributed by atoms with van der Waals surface area (Å²) < 4.78 is 38.2. The van der Waals surface area contributed by atoms with Crippen molar-refractivity contribution >= 4 is 34.2 Å². The summed E-state index contributed by atoms with van der Waals surface area (Å²) in [4.78, 5) is 39.5. The number of halogens is 2.